The molecule has 0 aliphatic heterocycles. The van der Waals surface area contributed by atoms with Crippen LogP contribution in [-0.4, -0.2) is 43.1 Å². The summed E-state index contributed by atoms with van der Waals surface area (Å²) in [4.78, 5) is 12.8. The van der Waals surface area contributed by atoms with E-state index in [-0.39, 0.29) is 23.7 Å². The maximum Gasteiger partial charge on any atom is 0.303 e. The third-order valence-corrected chi connectivity index (χ3v) is 10.5. The lowest BCUT2D eigenvalue weighted by molar-refractivity contribution is -0.266. The van der Waals surface area contributed by atoms with Gasteiger partial charge >= 0.3 is 5.97 Å². The first-order valence-corrected chi connectivity index (χ1v) is 19.2. The van der Waals surface area contributed by atoms with E-state index < -0.39 is 30.5 Å². The predicted molar refractivity (Wildman–Crippen MR) is 211 cm³/mol. The number of carbonyl (C=O) groups is 1. The smallest absolute Gasteiger partial charge is 0.303 e. The van der Waals surface area contributed by atoms with Gasteiger partial charge in [-0.3, -0.25) is 4.79 Å². The average Bonchev–Trinajstić information content (AvgIpc) is 3.23. The molecular formula is C48H50O7. The lowest BCUT2D eigenvalue weighted by Gasteiger charge is -2.54. The number of rotatable bonds is 17. The molecule has 1 fully saturated rings. The standard InChI is InChI=1S/C48H50O7/c1-35(49)55-42-28-27-41(34-50-29-36-17-7-2-8-18-36)43-44(42)46(52-31-38-21-11-4-12-22-38)48(54-33-40-25-15-6-16-26-40)47(53-32-39-23-13-5-14-24-39)45(43)51-30-37-19-9-3-10-20-37/h2-28,41-48H,29-34H2,1H3/t41-,42-,43-,44+,45-,46-,47+,48+/m1/s1. The number of hydrogen-bond donors (Lipinski definition) is 0. The molecule has 5 aromatic rings. The first-order valence-electron chi connectivity index (χ1n) is 19.2. The summed E-state index contributed by atoms with van der Waals surface area (Å²) in [5.41, 5.74) is 5.24. The van der Waals surface area contributed by atoms with Gasteiger partial charge in [0.25, 0.3) is 0 Å². The summed E-state index contributed by atoms with van der Waals surface area (Å²) in [5.74, 6) is -1.05. The number of benzene rings is 5. The molecule has 2 aliphatic carbocycles. The van der Waals surface area contributed by atoms with Gasteiger partial charge in [-0.05, 0) is 33.9 Å². The highest BCUT2D eigenvalue weighted by atomic mass is 16.6. The molecule has 284 valence electrons. The van der Waals surface area contributed by atoms with Gasteiger partial charge in [-0.15, -0.1) is 0 Å². The SMILES string of the molecule is CC(=O)O[C@@H]1C=C[C@H](COCc2ccccc2)[C@H]2[C@@H](OCc3ccccc3)[C@H](OCc3ccccc3)[C@@H](OCc3ccccc3)[C@H](OCc3ccccc3)[C@H]21. The van der Waals surface area contributed by atoms with Crippen LogP contribution >= 0.6 is 0 Å². The Balaban J connectivity index is 1.30. The van der Waals surface area contributed by atoms with Crippen molar-refractivity contribution in [3.63, 3.8) is 0 Å². The molecule has 55 heavy (non-hydrogen) atoms. The van der Waals surface area contributed by atoms with E-state index in [1.54, 1.807) is 0 Å². The van der Waals surface area contributed by atoms with E-state index in [0.717, 1.165) is 27.8 Å². The summed E-state index contributed by atoms with van der Waals surface area (Å²) in [6, 6.07) is 50.8. The fraction of sp³-hybridized carbons (Fsp3) is 0.312. The van der Waals surface area contributed by atoms with Gasteiger partial charge in [-0.1, -0.05) is 158 Å². The minimum absolute atomic E-state index is 0.109. The summed E-state index contributed by atoms with van der Waals surface area (Å²) in [6.45, 7) is 3.74. The molecule has 0 saturated heterocycles. The summed E-state index contributed by atoms with van der Waals surface area (Å²) in [7, 11) is 0. The van der Waals surface area contributed by atoms with Crippen molar-refractivity contribution >= 4 is 5.97 Å². The molecule has 1 saturated carbocycles. The highest BCUT2D eigenvalue weighted by Gasteiger charge is 2.59. The van der Waals surface area contributed by atoms with E-state index in [1.165, 1.54) is 6.92 Å². The average molecular weight is 739 g/mol. The molecule has 7 heteroatoms. The maximum atomic E-state index is 12.8. The van der Waals surface area contributed by atoms with Crippen molar-refractivity contribution in [2.45, 2.75) is 70.5 Å². The summed E-state index contributed by atoms with van der Waals surface area (Å²) in [6.07, 6.45) is 1.37. The number of hydrogen-bond acceptors (Lipinski definition) is 7. The van der Waals surface area contributed by atoms with Crippen molar-refractivity contribution in [3.05, 3.63) is 192 Å². The van der Waals surface area contributed by atoms with Gasteiger partial charge in [0.1, 0.15) is 18.3 Å². The highest BCUT2D eigenvalue weighted by molar-refractivity contribution is 5.66. The van der Waals surface area contributed by atoms with E-state index in [4.69, 9.17) is 28.4 Å². The predicted octanol–water partition coefficient (Wildman–Crippen LogP) is 8.91. The lowest BCUT2D eigenvalue weighted by atomic mass is 9.62. The molecule has 7 nitrogen and oxygen atoms in total. The molecule has 0 heterocycles. The normalized spacial score (nSPS) is 24.5. The zero-order valence-electron chi connectivity index (χ0n) is 31.3. The van der Waals surface area contributed by atoms with Crippen molar-refractivity contribution in [2.75, 3.05) is 6.61 Å². The molecule has 0 radical (unpaired) electrons. The Bertz CT molecular complexity index is 1890. The van der Waals surface area contributed by atoms with Gasteiger partial charge in [0.15, 0.2) is 0 Å². The Morgan fingerprint density at radius 2 is 0.782 bits per heavy atom. The van der Waals surface area contributed by atoms with Crippen LogP contribution in [0.3, 0.4) is 0 Å². The highest BCUT2D eigenvalue weighted by Crippen LogP contribution is 2.48. The molecule has 5 aromatic carbocycles. The molecule has 0 unspecified atom stereocenters. The fourth-order valence-electron chi connectivity index (χ4n) is 7.92. The van der Waals surface area contributed by atoms with Crippen LogP contribution in [0.15, 0.2) is 164 Å². The fourth-order valence-corrected chi connectivity index (χ4v) is 7.92. The van der Waals surface area contributed by atoms with E-state index in [1.807, 2.05) is 97.1 Å². The summed E-state index contributed by atoms with van der Waals surface area (Å²) < 4.78 is 40.8. The van der Waals surface area contributed by atoms with Crippen LogP contribution in [0, 0.1) is 17.8 Å². The van der Waals surface area contributed by atoms with Gasteiger partial charge in [0.2, 0.25) is 0 Å². The second kappa shape index (κ2) is 19.6. The molecule has 2 aliphatic rings. The number of ether oxygens (including phenoxy) is 6. The van der Waals surface area contributed by atoms with Crippen LogP contribution in [0.2, 0.25) is 0 Å². The van der Waals surface area contributed by atoms with E-state index >= 15 is 0 Å². The van der Waals surface area contributed by atoms with Crippen molar-refractivity contribution in [1.29, 1.82) is 0 Å². The van der Waals surface area contributed by atoms with Crippen molar-refractivity contribution in [3.8, 4) is 0 Å². The Labute approximate surface area is 324 Å². The lowest BCUT2D eigenvalue weighted by Crippen LogP contribution is -2.66. The Hall–Kier alpha value is -4.89. The Morgan fingerprint density at radius 3 is 1.16 bits per heavy atom. The van der Waals surface area contributed by atoms with Crippen LogP contribution in [0.4, 0.5) is 0 Å². The monoisotopic (exact) mass is 738 g/mol. The third kappa shape index (κ3) is 10.5. The number of carbonyl (C=O) groups excluding carboxylic acids is 1. The molecule has 0 bridgehead atoms. The molecule has 0 amide bonds. The van der Waals surface area contributed by atoms with Crippen molar-refractivity contribution in [1.82, 2.24) is 0 Å². The maximum absolute atomic E-state index is 12.8. The van der Waals surface area contributed by atoms with Gasteiger partial charge in [-0.2, -0.15) is 0 Å². The second-order valence-electron chi connectivity index (χ2n) is 14.3. The molecule has 0 spiro atoms. The van der Waals surface area contributed by atoms with Crippen LogP contribution in [-0.2, 0) is 66.3 Å². The van der Waals surface area contributed by atoms with Crippen molar-refractivity contribution < 1.29 is 33.2 Å². The van der Waals surface area contributed by atoms with E-state index in [2.05, 4.69) is 66.7 Å². The first-order chi connectivity index (χ1) is 27.1. The van der Waals surface area contributed by atoms with Gasteiger partial charge < -0.3 is 28.4 Å². The summed E-state index contributed by atoms with van der Waals surface area (Å²) >= 11 is 0. The molecule has 0 aromatic heterocycles. The minimum atomic E-state index is -0.593. The van der Waals surface area contributed by atoms with E-state index in [9.17, 15) is 4.79 Å². The number of fused-ring (bicyclic) bond motifs is 1. The second-order valence-corrected chi connectivity index (χ2v) is 14.3. The zero-order chi connectivity index (χ0) is 37.7. The Kier molecular flexibility index (Phi) is 13.7. The van der Waals surface area contributed by atoms with Crippen molar-refractivity contribution in [2.24, 2.45) is 17.8 Å². The molecular weight excluding hydrogens is 689 g/mol. The largest absolute Gasteiger partial charge is 0.458 e. The minimum Gasteiger partial charge on any atom is -0.458 e. The van der Waals surface area contributed by atoms with Crippen LogP contribution < -0.4 is 0 Å². The quantitative estimate of drug-likeness (QED) is 0.0697. The van der Waals surface area contributed by atoms with Gasteiger partial charge in [0, 0.05) is 24.7 Å². The molecule has 8 atom stereocenters. The zero-order valence-corrected chi connectivity index (χ0v) is 31.3. The van der Waals surface area contributed by atoms with E-state index in [0.29, 0.717) is 39.6 Å². The first kappa shape index (κ1) is 38.4. The topological polar surface area (TPSA) is 72.5 Å². The Morgan fingerprint density at radius 1 is 0.436 bits per heavy atom. The third-order valence-electron chi connectivity index (χ3n) is 10.5. The van der Waals surface area contributed by atoms with Crippen LogP contribution in [0.25, 0.3) is 0 Å². The van der Waals surface area contributed by atoms with Crippen LogP contribution in [0.1, 0.15) is 34.7 Å². The van der Waals surface area contributed by atoms with Gasteiger partial charge in [-0.25, -0.2) is 0 Å². The molecule has 0 N–H and O–H groups in total. The molecule has 7 rings (SSSR count). The number of esters is 1. The van der Waals surface area contributed by atoms with Crippen LogP contribution in [0.5, 0.6) is 0 Å². The summed E-state index contributed by atoms with van der Waals surface area (Å²) in [5, 5.41) is 0. The van der Waals surface area contributed by atoms with Gasteiger partial charge in [0.05, 0.1) is 51.8 Å².